The molecule has 1 fully saturated rings. The van der Waals surface area contributed by atoms with Gasteiger partial charge in [0.05, 0.1) is 0 Å². The molecule has 0 amide bonds. The van der Waals surface area contributed by atoms with E-state index in [0.717, 1.165) is 18.3 Å². The predicted octanol–water partition coefficient (Wildman–Crippen LogP) is 1.45. The Morgan fingerprint density at radius 2 is 2.25 bits per heavy atom. The molecule has 1 unspecified atom stereocenters. The summed E-state index contributed by atoms with van der Waals surface area (Å²) in [6, 6.07) is 0. The summed E-state index contributed by atoms with van der Waals surface area (Å²) in [4.78, 5) is 2.12. The van der Waals surface area contributed by atoms with Crippen molar-refractivity contribution >= 4 is 29.1 Å². The van der Waals surface area contributed by atoms with E-state index in [1.54, 1.807) is 0 Å². The number of nitrogens with zero attached hydrogens (tertiary/aromatic N) is 1. The summed E-state index contributed by atoms with van der Waals surface area (Å²) in [6.07, 6.45) is 5.93. The van der Waals surface area contributed by atoms with Crippen LogP contribution in [-0.2, 0) is 0 Å². The van der Waals surface area contributed by atoms with E-state index in [9.17, 15) is 0 Å². The summed E-state index contributed by atoms with van der Waals surface area (Å²) < 4.78 is 0. The molecule has 2 N–H and O–H groups in total. The van der Waals surface area contributed by atoms with Gasteiger partial charge in [-0.25, -0.2) is 0 Å². The van der Waals surface area contributed by atoms with Crippen molar-refractivity contribution in [3.05, 3.63) is 0 Å². The Bertz CT molecular complexity index is 161. The van der Waals surface area contributed by atoms with Crippen molar-refractivity contribution in [2.75, 3.05) is 19.3 Å². The largest absolute Gasteiger partial charge is 0.376 e. The first-order chi connectivity index (χ1) is 5.74. The molecule has 0 aliphatic carbocycles. The molecule has 70 valence electrons. The second-order valence-electron chi connectivity index (χ2n) is 3.11. The number of rotatable bonds is 1. The number of hydrogen-bond donors (Lipinski definition) is 1. The second-order valence-corrected chi connectivity index (χ2v) is 4.67. The van der Waals surface area contributed by atoms with Gasteiger partial charge in [0, 0.05) is 18.3 Å². The van der Waals surface area contributed by atoms with E-state index in [4.69, 9.17) is 18.0 Å². The average molecular weight is 204 g/mol. The van der Waals surface area contributed by atoms with Gasteiger partial charge in [0.15, 0.2) is 5.11 Å². The first-order valence-corrected chi connectivity index (χ1v) is 6.01. The maximum absolute atomic E-state index is 5.57. The molecule has 0 spiro atoms. The van der Waals surface area contributed by atoms with Crippen LogP contribution in [0.5, 0.6) is 0 Å². The zero-order valence-electron chi connectivity index (χ0n) is 7.45. The molecular weight excluding hydrogens is 188 g/mol. The van der Waals surface area contributed by atoms with Gasteiger partial charge in [0.1, 0.15) is 0 Å². The highest BCUT2D eigenvalue weighted by Crippen LogP contribution is 2.20. The van der Waals surface area contributed by atoms with Gasteiger partial charge in [-0.15, -0.1) is 0 Å². The molecule has 0 aromatic carbocycles. The fraction of sp³-hybridized carbons (Fsp3) is 0.875. The van der Waals surface area contributed by atoms with Crippen molar-refractivity contribution in [3.63, 3.8) is 0 Å². The van der Waals surface area contributed by atoms with Gasteiger partial charge in [0.2, 0.25) is 0 Å². The quantitative estimate of drug-likeness (QED) is 0.655. The Hall–Kier alpha value is 0.0400. The molecule has 12 heavy (non-hydrogen) atoms. The molecule has 0 aromatic heterocycles. The Kier molecular flexibility index (Phi) is 4.15. The Morgan fingerprint density at radius 1 is 1.50 bits per heavy atom. The predicted molar refractivity (Wildman–Crippen MR) is 59.5 cm³/mol. The maximum Gasteiger partial charge on any atom is 0.166 e. The molecule has 1 aliphatic rings. The van der Waals surface area contributed by atoms with Crippen molar-refractivity contribution in [2.45, 2.75) is 24.5 Å². The first kappa shape index (κ1) is 10.1. The van der Waals surface area contributed by atoms with Crippen LogP contribution in [0.4, 0.5) is 0 Å². The van der Waals surface area contributed by atoms with Crippen LogP contribution in [0, 0.1) is 0 Å². The molecule has 1 aliphatic heterocycles. The van der Waals surface area contributed by atoms with Crippen LogP contribution in [0.1, 0.15) is 19.3 Å². The van der Waals surface area contributed by atoms with Crippen molar-refractivity contribution in [2.24, 2.45) is 5.73 Å². The van der Waals surface area contributed by atoms with Gasteiger partial charge in [-0.2, -0.15) is 11.8 Å². The smallest absolute Gasteiger partial charge is 0.166 e. The minimum Gasteiger partial charge on any atom is -0.376 e. The van der Waals surface area contributed by atoms with Crippen molar-refractivity contribution in [3.8, 4) is 0 Å². The summed E-state index contributed by atoms with van der Waals surface area (Å²) in [5, 5.41) is 1.38. The van der Waals surface area contributed by atoms with E-state index < -0.39 is 0 Å². The molecule has 0 saturated carbocycles. The van der Waals surface area contributed by atoms with Crippen LogP contribution in [0.25, 0.3) is 0 Å². The number of thiocarbonyl (C=S) groups is 1. The normalized spacial score (nSPS) is 25.1. The number of thioether (sulfide) groups is 1. The van der Waals surface area contributed by atoms with Crippen molar-refractivity contribution in [1.29, 1.82) is 0 Å². The molecule has 1 saturated heterocycles. The number of nitrogens with two attached hydrogens (primary N) is 1. The number of hydrogen-bond acceptors (Lipinski definition) is 2. The van der Waals surface area contributed by atoms with Gasteiger partial charge < -0.3 is 10.6 Å². The first-order valence-electron chi connectivity index (χ1n) is 4.31. The van der Waals surface area contributed by atoms with Crippen LogP contribution in [0.15, 0.2) is 0 Å². The van der Waals surface area contributed by atoms with E-state index in [-0.39, 0.29) is 0 Å². The number of likely N-dealkylation sites (tertiary alicyclic amines) is 1. The van der Waals surface area contributed by atoms with E-state index >= 15 is 0 Å². The van der Waals surface area contributed by atoms with Gasteiger partial charge in [-0.05, 0) is 37.7 Å². The van der Waals surface area contributed by atoms with Crippen LogP contribution in [-0.4, -0.2) is 34.6 Å². The lowest BCUT2D eigenvalue weighted by atomic mass is 10.2. The topological polar surface area (TPSA) is 29.3 Å². The van der Waals surface area contributed by atoms with E-state index in [0.29, 0.717) is 5.11 Å². The summed E-state index contributed by atoms with van der Waals surface area (Å²) in [7, 11) is 0. The molecule has 0 radical (unpaired) electrons. The standard InChI is InChI=1S/C8H16N2S2/c1-12-7-3-2-5-10(6-4-7)8(9)11/h7H,2-6H2,1H3,(H2,9,11). The van der Waals surface area contributed by atoms with Crippen LogP contribution < -0.4 is 5.73 Å². The van der Waals surface area contributed by atoms with Gasteiger partial charge in [-0.3, -0.25) is 0 Å². The van der Waals surface area contributed by atoms with Crippen LogP contribution >= 0.6 is 24.0 Å². The third-order valence-corrected chi connectivity index (χ3v) is 3.72. The molecule has 4 heteroatoms. The molecule has 1 rings (SSSR count). The van der Waals surface area contributed by atoms with Crippen molar-refractivity contribution < 1.29 is 0 Å². The van der Waals surface area contributed by atoms with E-state index in [1.165, 1.54) is 19.3 Å². The third-order valence-electron chi connectivity index (χ3n) is 2.32. The average Bonchev–Trinajstić information content (AvgIpc) is 2.28. The summed E-state index contributed by atoms with van der Waals surface area (Å²) in [6.45, 7) is 2.09. The second kappa shape index (κ2) is 4.92. The molecule has 0 aromatic rings. The van der Waals surface area contributed by atoms with Gasteiger partial charge in [0.25, 0.3) is 0 Å². The highest BCUT2D eigenvalue weighted by molar-refractivity contribution is 7.99. The molecule has 1 heterocycles. The third kappa shape index (κ3) is 2.83. The maximum atomic E-state index is 5.57. The minimum absolute atomic E-state index is 0.566. The fourth-order valence-corrected chi connectivity index (χ4v) is 2.45. The fourth-order valence-electron chi connectivity index (χ4n) is 1.52. The van der Waals surface area contributed by atoms with Gasteiger partial charge in [-0.1, -0.05) is 0 Å². The summed E-state index contributed by atoms with van der Waals surface area (Å²) in [5.74, 6) is 0. The highest BCUT2D eigenvalue weighted by atomic mass is 32.2. The van der Waals surface area contributed by atoms with E-state index in [2.05, 4.69) is 11.2 Å². The van der Waals surface area contributed by atoms with E-state index in [1.807, 2.05) is 11.8 Å². The summed E-state index contributed by atoms with van der Waals surface area (Å²) >= 11 is 6.91. The molecule has 2 nitrogen and oxygen atoms in total. The molecule has 0 bridgehead atoms. The van der Waals surface area contributed by atoms with Crippen LogP contribution in [0.3, 0.4) is 0 Å². The Morgan fingerprint density at radius 3 is 2.83 bits per heavy atom. The van der Waals surface area contributed by atoms with Gasteiger partial charge >= 0.3 is 0 Å². The molecule has 1 atom stereocenters. The Labute approximate surface area is 83.9 Å². The van der Waals surface area contributed by atoms with Crippen LogP contribution in [0.2, 0.25) is 0 Å². The lowest BCUT2D eigenvalue weighted by Crippen LogP contribution is -2.36. The highest BCUT2D eigenvalue weighted by Gasteiger charge is 2.16. The lowest BCUT2D eigenvalue weighted by molar-refractivity contribution is 0.439. The molecular formula is C8H16N2S2. The lowest BCUT2D eigenvalue weighted by Gasteiger charge is -2.19. The zero-order chi connectivity index (χ0) is 8.97. The summed E-state index contributed by atoms with van der Waals surface area (Å²) in [5.41, 5.74) is 5.57. The monoisotopic (exact) mass is 204 g/mol. The Balaban J connectivity index is 2.39. The van der Waals surface area contributed by atoms with Crippen molar-refractivity contribution in [1.82, 2.24) is 4.90 Å². The zero-order valence-corrected chi connectivity index (χ0v) is 9.09. The SMILES string of the molecule is CSC1CCCN(C(N)=S)CC1. The minimum atomic E-state index is 0.566.